The van der Waals surface area contributed by atoms with Crippen LogP contribution in [-0.4, -0.2) is 75.4 Å². The standard InChI is InChI=1S/C34H35F3N8O2S/c1-3-44-12-14-45(15-13-44)20-22-4-6-23(16-27(22)34(35,36)37)41-30(46)17-25-9-8-24(48-25)7-5-21-19-40-33(38)42-31(21)29-18-26-28(43(29)2)10-11-39-32(26)47/h4,6,8-9,16,18-19H,3,10-15,17,20H2,1-2H3,(H,39,47)(H,41,46)(H2,38,40,42). The van der Waals surface area contributed by atoms with Crippen LogP contribution in [0.15, 0.2) is 42.6 Å². The number of nitrogens with two attached hydrogens (primary N) is 1. The van der Waals surface area contributed by atoms with Crippen LogP contribution in [0, 0.1) is 11.8 Å². The van der Waals surface area contributed by atoms with Gasteiger partial charge in [0.25, 0.3) is 5.91 Å². The SMILES string of the molecule is CCN1CCN(Cc2ccc(NC(=O)Cc3ccc(C#Cc4cnc(N)nc4-c4cc5c(n4C)CCNC5=O)s3)cc2C(F)(F)F)CC1. The van der Waals surface area contributed by atoms with Gasteiger partial charge in [0.1, 0.15) is 5.69 Å². The number of piperazine rings is 1. The summed E-state index contributed by atoms with van der Waals surface area (Å²) in [5, 5.41) is 5.47. The summed E-state index contributed by atoms with van der Waals surface area (Å²) in [6, 6.07) is 9.32. The number of likely N-dealkylation sites (N-methyl/N-ethyl adjacent to an activating group) is 1. The minimum absolute atomic E-state index is 0.0235. The number of nitrogens with zero attached hydrogens (tertiary/aromatic N) is 5. The molecular formula is C34H35F3N8O2S. The Labute approximate surface area is 280 Å². The molecule has 1 fully saturated rings. The summed E-state index contributed by atoms with van der Waals surface area (Å²) >= 11 is 1.31. The molecule has 5 heterocycles. The number of carbonyl (C=O) groups is 2. The molecule has 250 valence electrons. The first-order valence-corrected chi connectivity index (χ1v) is 16.4. The number of fused-ring (bicyclic) bond motifs is 1. The monoisotopic (exact) mass is 676 g/mol. The molecule has 4 N–H and O–H groups in total. The number of carbonyl (C=O) groups excluding carboxylic acids is 2. The van der Waals surface area contributed by atoms with Crippen LogP contribution in [-0.2, 0) is 37.4 Å². The molecule has 0 saturated carbocycles. The highest BCUT2D eigenvalue weighted by Gasteiger charge is 2.34. The van der Waals surface area contributed by atoms with E-state index in [-0.39, 0.29) is 36.1 Å². The molecule has 0 radical (unpaired) electrons. The van der Waals surface area contributed by atoms with Gasteiger partial charge in [0.15, 0.2) is 0 Å². The molecule has 48 heavy (non-hydrogen) atoms. The van der Waals surface area contributed by atoms with Gasteiger partial charge in [-0.2, -0.15) is 13.2 Å². The summed E-state index contributed by atoms with van der Waals surface area (Å²) in [5.41, 5.74) is 8.65. The molecule has 14 heteroatoms. The van der Waals surface area contributed by atoms with E-state index in [4.69, 9.17) is 5.73 Å². The van der Waals surface area contributed by atoms with Crippen LogP contribution in [0.4, 0.5) is 24.8 Å². The van der Waals surface area contributed by atoms with Gasteiger partial charge < -0.3 is 25.8 Å². The number of hydrogen-bond acceptors (Lipinski definition) is 8. The Morgan fingerprint density at radius 2 is 1.88 bits per heavy atom. The number of thiophene rings is 1. The fraction of sp³-hybridized carbons (Fsp3) is 0.353. The summed E-state index contributed by atoms with van der Waals surface area (Å²) in [6.45, 7) is 6.83. The molecule has 6 rings (SSSR count). The van der Waals surface area contributed by atoms with Crippen LogP contribution in [0.3, 0.4) is 0 Å². The van der Waals surface area contributed by atoms with Crippen molar-refractivity contribution in [3.05, 3.63) is 80.3 Å². The molecule has 0 atom stereocenters. The maximum Gasteiger partial charge on any atom is 0.416 e. The molecule has 1 aromatic carbocycles. The fourth-order valence-electron chi connectivity index (χ4n) is 6.03. The van der Waals surface area contributed by atoms with Gasteiger partial charge in [0, 0.05) is 75.2 Å². The molecule has 3 aromatic heterocycles. The van der Waals surface area contributed by atoms with Crippen LogP contribution in [0.1, 0.15) is 49.4 Å². The summed E-state index contributed by atoms with van der Waals surface area (Å²) in [7, 11) is 1.87. The van der Waals surface area contributed by atoms with E-state index in [0.717, 1.165) is 31.4 Å². The van der Waals surface area contributed by atoms with Gasteiger partial charge in [-0.15, -0.1) is 11.3 Å². The summed E-state index contributed by atoms with van der Waals surface area (Å²) in [6.07, 6.45) is -2.35. The Morgan fingerprint density at radius 3 is 2.60 bits per heavy atom. The zero-order chi connectivity index (χ0) is 34.0. The normalized spacial score (nSPS) is 15.4. The smallest absolute Gasteiger partial charge is 0.368 e. The Bertz CT molecular complexity index is 1910. The Balaban J connectivity index is 1.14. The van der Waals surface area contributed by atoms with E-state index in [1.54, 1.807) is 18.2 Å². The largest absolute Gasteiger partial charge is 0.416 e. The summed E-state index contributed by atoms with van der Waals surface area (Å²) in [5.74, 6) is 5.68. The number of rotatable bonds is 7. The van der Waals surface area contributed by atoms with Gasteiger partial charge in [0.05, 0.1) is 33.7 Å². The lowest BCUT2D eigenvalue weighted by atomic mass is 10.0. The third-order valence-corrected chi connectivity index (χ3v) is 9.62. The Morgan fingerprint density at radius 1 is 1.10 bits per heavy atom. The second kappa shape index (κ2) is 13.8. The molecule has 1 saturated heterocycles. The van der Waals surface area contributed by atoms with Crippen molar-refractivity contribution < 1.29 is 22.8 Å². The first-order valence-electron chi connectivity index (χ1n) is 15.6. The van der Waals surface area contributed by atoms with Gasteiger partial charge in [-0.25, -0.2) is 9.97 Å². The van der Waals surface area contributed by atoms with Crippen LogP contribution in [0.5, 0.6) is 0 Å². The van der Waals surface area contributed by atoms with Gasteiger partial charge >= 0.3 is 6.18 Å². The van der Waals surface area contributed by atoms with Crippen LogP contribution >= 0.6 is 11.3 Å². The van der Waals surface area contributed by atoms with Crippen molar-refractivity contribution in [2.45, 2.75) is 32.5 Å². The van der Waals surface area contributed by atoms with Crippen LogP contribution in [0.2, 0.25) is 0 Å². The van der Waals surface area contributed by atoms with Crippen LogP contribution < -0.4 is 16.4 Å². The highest BCUT2D eigenvalue weighted by atomic mass is 32.1. The molecule has 0 aliphatic carbocycles. The Hall–Kier alpha value is -4.71. The molecule has 0 bridgehead atoms. The second-order valence-corrected chi connectivity index (χ2v) is 12.9. The first kappa shape index (κ1) is 33.2. The lowest BCUT2D eigenvalue weighted by Gasteiger charge is -2.34. The Kier molecular flexibility index (Phi) is 9.54. The summed E-state index contributed by atoms with van der Waals surface area (Å²) < 4.78 is 44.0. The topological polar surface area (TPSA) is 121 Å². The van der Waals surface area contributed by atoms with Crippen molar-refractivity contribution in [2.24, 2.45) is 7.05 Å². The number of halogens is 3. The van der Waals surface area contributed by atoms with E-state index in [1.165, 1.54) is 29.7 Å². The van der Waals surface area contributed by atoms with E-state index < -0.39 is 17.6 Å². The molecule has 0 spiro atoms. The molecular weight excluding hydrogens is 641 g/mol. The zero-order valence-electron chi connectivity index (χ0n) is 26.6. The average molecular weight is 677 g/mol. The molecule has 0 unspecified atom stereocenters. The number of amides is 2. The third kappa shape index (κ3) is 7.38. The summed E-state index contributed by atoms with van der Waals surface area (Å²) in [4.78, 5) is 39.5. The van der Waals surface area contributed by atoms with Gasteiger partial charge in [-0.3, -0.25) is 14.5 Å². The molecule has 4 aromatic rings. The molecule has 2 aliphatic rings. The first-order chi connectivity index (χ1) is 23.0. The fourth-order valence-corrected chi connectivity index (χ4v) is 6.89. The van der Waals surface area contributed by atoms with Crippen molar-refractivity contribution in [1.29, 1.82) is 0 Å². The van der Waals surface area contributed by atoms with Gasteiger partial charge in [-0.05, 0) is 42.4 Å². The van der Waals surface area contributed by atoms with Crippen molar-refractivity contribution in [3.63, 3.8) is 0 Å². The maximum absolute atomic E-state index is 14.0. The number of alkyl halides is 3. The molecule has 10 nitrogen and oxygen atoms in total. The maximum atomic E-state index is 14.0. The van der Waals surface area contributed by atoms with E-state index in [2.05, 4.69) is 44.3 Å². The zero-order valence-corrected chi connectivity index (χ0v) is 27.4. The number of nitrogen functional groups attached to an aromatic ring is 1. The number of aromatic nitrogens is 3. The van der Waals surface area contributed by atoms with Gasteiger partial charge in [-0.1, -0.05) is 24.8 Å². The van der Waals surface area contributed by atoms with E-state index in [1.807, 2.05) is 16.5 Å². The van der Waals surface area contributed by atoms with Crippen molar-refractivity contribution in [2.75, 3.05) is 50.3 Å². The third-order valence-electron chi connectivity index (χ3n) is 8.62. The van der Waals surface area contributed by atoms with E-state index in [9.17, 15) is 22.8 Å². The number of benzene rings is 1. The van der Waals surface area contributed by atoms with Crippen molar-refractivity contribution in [3.8, 4) is 23.2 Å². The number of anilines is 2. The van der Waals surface area contributed by atoms with E-state index in [0.29, 0.717) is 58.3 Å². The quantitative estimate of drug-likeness (QED) is 0.252. The predicted molar refractivity (Wildman–Crippen MR) is 178 cm³/mol. The van der Waals surface area contributed by atoms with E-state index >= 15 is 0 Å². The number of nitrogens with one attached hydrogen (secondary N) is 2. The lowest BCUT2D eigenvalue weighted by molar-refractivity contribution is -0.138. The molecule has 2 aliphatic heterocycles. The molecule has 2 amide bonds. The number of hydrogen-bond donors (Lipinski definition) is 3. The minimum atomic E-state index is -4.55. The van der Waals surface area contributed by atoms with Crippen molar-refractivity contribution in [1.82, 2.24) is 29.7 Å². The average Bonchev–Trinajstić information content (AvgIpc) is 3.65. The minimum Gasteiger partial charge on any atom is -0.368 e. The van der Waals surface area contributed by atoms with Gasteiger partial charge in [0.2, 0.25) is 11.9 Å². The second-order valence-electron chi connectivity index (χ2n) is 11.8. The lowest BCUT2D eigenvalue weighted by Crippen LogP contribution is -2.45. The van der Waals surface area contributed by atoms with Crippen LogP contribution in [0.25, 0.3) is 11.4 Å². The highest BCUT2D eigenvalue weighted by Crippen LogP contribution is 2.35. The highest BCUT2D eigenvalue weighted by molar-refractivity contribution is 7.12. The predicted octanol–water partition coefficient (Wildman–Crippen LogP) is 4.15. The van der Waals surface area contributed by atoms with Crippen molar-refractivity contribution >= 4 is 34.8 Å².